The number of methoxy groups -OCH3 is 1. The summed E-state index contributed by atoms with van der Waals surface area (Å²) in [5, 5.41) is 0. The SMILES string of the molecule is CCOc1ccc(CN(C)C(=O)COC(=O)c2ccc(OCC)c(OC)c2)cc1. The van der Waals surface area contributed by atoms with Crippen LogP contribution in [0.5, 0.6) is 17.2 Å². The molecule has 2 rings (SSSR count). The van der Waals surface area contributed by atoms with Crippen molar-refractivity contribution < 1.29 is 28.5 Å². The van der Waals surface area contributed by atoms with E-state index >= 15 is 0 Å². The highest BCUT2D eigenvalue weighted by Gasteiger charge is 2.16. The Morgan fingerprint density at radius 1 is 0.931 bits per heavy atom. The number of carbonyl (C=O) groups is 2. The van der Waals surface area contributed by atoms with E-state index in [4.69, 9.17) is 18.9 Å². The number of likely N-dealkylation sites (N-methyl/N-ethyl adjacent to an activating group) is 1. The highest BCUT2D eigenvalue weighted by atomic mass is 16.5. The molecule has 0 unspecified atom stereocenters. The molecule has 156 valence electrons. The molecule has 29 heavy (non-hydrogen) atoms. The summed E-state index contributed by atoms with van der Waals surface area (Å²) in [6.07, 6.45) is 0. The zero-order valence-corrected chi connectivity index (χ0v) is 17.3. The van der Waals surface area contributed by atoms with Crippen molar-refractivity contribution in [3.05, 3.63) is 53.6 Å². The summed E-state index contributed by atoms with van der Waals surface area (Å²) >= 11 is 0. The van der Waals surface area contributed by atoms with Crippen molar-refractivity contribution in [1.82, 2.24) is 4.90 Å². The zero-order valence-electron chi connectivity index (χ0n) is 17.3. The van der Waals surface area contributed by atoms with Crippen LogP contribution in [0.25, 0.3) is 0 Å². The lowest BCUT2D eigenvalue weighted by atomic mass is 10.2. The number of rotatable bonds is 10. The van der Waals surface area contributed by atoms with E-state index in [-0.39, 0.29) is 18.1 Å². The van der Waals surface area contributed by atoms with E-state index in [9.17, 15) is 9.59 Å². The van der Waals surface area contributed by atoms with Crippen molar-refractivity contribution in [1.29, 1.82) is 0 Å². The van der Waals surface area contributed by atoms with Gasteiger partial charge in [0.25, 0.3) is 5.91 Å². The first-order valence-electron chi connectivity index (χ1n) is 9.42. The molecule has 7 heteroatoms. The van der Waals surface area contributed by atoms with Crippen molar-refractivity contribution in [3.8, 4) is 17.2 Å². The van der Waals surface area contributed by atoms with Crippen LogP contribution >= 0.6 is 0 Å². The number of benzene rings is 2. The van der Waals surface area contributed by atoms with Gasteiger partial charge in [-0.25, -0.2) is 4.79 Å². The fraction of sp³-hybridized carbons (Fsp3) is 0.364. The van der Waals surface area contributed by atoms with Gasteiger partial charge in [-0.15, -0.1) is 0 Å². The first-order chi connectivity index (χ1) is 14.0. The second-order valence-electron chi connectivity index (χ2n) is 6.20. The molecule has 7 nitrogen and oxygen atoms in total. The Morgan fingerprint density at radius 3 is 2.24 bits per heavy atom. The largest absolute Gasteiger partial charge is 0.494 e. The van der Waals surface area contributed by atoms with Crippen molar-refractivity contribution in [3.63, 3.8) is 0 Å². The van der Waals surface area contributed by atoms with E-state index in [0.717, 1.165) is 11.3 Å². The van der Waals surface area contributed by atoms with Crippen LogP contribution in [-0.4, -0.2) is 50.8 Å². The van der Waals surface area contributed by atoms with E-state index in [0.29, 0.717) is 31.3 Å². The average molecular weight is 401 g/mol. The third-order valence-corrected chi connectivity index (χ3v) is 4.11. The van der Waals surface area contributed by atoms with Gasteiger partial charge in [-0.05, 0) is 49.7 Å². The van der Waals surface area contributed by atoms with Gasteiger partial charge >= 0.3 is 5.97 Å². The minimum absolute atomic E-state index is 0.285. The Morgan fingerprint density at radius 2 is 1.62 bits per heavy atom. The van der Waals surface area contributed by atoms with Crippen LogP contribution < -0.4 is 14.2 Å². The summed E-state index contributed by atoms with van der Waals surface area (Å²) in [5.41, 5.74) is 1.24. The van der Waals surface area contributed by atoms with Gasteiger partial charge in [-0.2, -0.15) is 0 Å². The fourth-order valence-corrected chi connectivity index (χ4v) is 2.61. The molecule has 1 amide bonds. The van der Waals surface area contributed by atoms with E-state index in [1.54, 1.807) is 19.2 Å². The molecule has 2 aromatic carbocycles. The lowest BCUT2D eigenvalue weighted by molar-refractivity contribution is -0.133. The van der Waals surface area contributed by atoms with Gasteiger partial charge in [-0.3, -0.25) is 4.79 Å². The van der Waals surface area contributed by atoms with Gasteiger partial charge in [0.2, 0.25) is 0 Å². The summed E-state index contributed by atoms with van der Waals surface area (Å²) in [4.78, 5) is 26.1. The summed E-state index contributed by atoms with van der Waals surface area (Å²) in [5.74, 6) is 0.849. The Balaban J connectivity index is 1.89. The van der Waals surface area contributed by atoms with Crippen LogP contribution in [0.3, 0.4) is 0 Å². The predicted octanol–water partition coefficient (Wildman–Crippen LogP) is 3.31. The standard InChI is InChI=1S/C22H27NO6/c1-5-27-18-10-7-16(8-11-18)14-23(3)21(24)15-29-22(25)17-9-12-19(28-6-2)20(13-17)26-4/h7-13H,5-6,14-15H2,1-4H3. The highest BCUT2D eigenvalue weighted by Crippen LogP contribution is 2.28. The van der Waals surface area contributed by atoms with Crippen molar-refractivity contribution in [2.75, 3.05) is 34.0 Å². The minimum Gasteiger partial charge on any atom is -0.494 e. The molecule has 0 saturated heterocycles. The van der Waals surface area contributed by atoms with Gasteiger partial charge in [0, 0.05) is 13.6 Å². The first kappa shape index (κ1) is 22.1. The molecule has 0 bridgehead atoms. The van der Waals surface area contributed by atoms with Crippen LogP contribution in [0.1, 0.15) is 29.8 Å². The number of hydrogen-bond acceptors (Lipinski definition) is 6. The lowest BCUT2D eigenvalue weighted by Crippen LogP contribution is -2.30. The van der Waals surface area contributed by atoms with Gasteiger partial charge in [0.05, 0.1) is 25.9 Å². The maximum atomic E-state index is 12.3. The number of nitrogens with zero attached hydrogens (tertiary/aromatic N) is 1. The topological polar surface area (TPSA) is 74.3 Å². The molecule has 0 aliphatic carbocycles. The van der Waals surface area contributed by atoms with E-state index in [1.807, 2.05) is 38.1 Å². The molecule has 0 spiro atoms. The Kier molecular flexibility index (Phi) is 8.33. The number of carbonyl (C=O) groups excluding carboxylic acids is 2. The molecule has 0 aliphatic rings. The van der Waals surface area contributed by atoms with E-state index in [2.05, 4.69) is 0 Å². The number of ether oxygens (including phenoxy) is 4. The van der Waals surface area contributed by atoms with Crippen LogP contribution in [0.15, 0.2) is 42.5 Å². The summed E-state index contributed by atoms with van der Waals surface area (Å²) < 4.78 is 21.2. The van der Waals surface area contributed by atoms with Crippen molar-refractivity contribution in [2.45, 2.75) is 20.4 Å². The molecule has 0 heterocycles. The van der Waals surface area contributed by atoms with Crippen molar-refractivity contribution in [2.24, 2.45) is 0 Å². The monoisotopic (exact) mass is 401 g/mol. The Labute approximate surface area is 171 Å². The van der Waals surface area contributed by atoms with Gasteiger partial charge in [-0.1, -0.05) is 12.1 Å². The Hall–Kier alpha value is -3.22. The van der Waals surface area contributed by atoms with E-state index < -0.39 is 5.97 Å². The molecule has 0 fully saturated rings. The smallest absolute Gasteiger partial charge is 0.338 e. The van der Waals surface area contributed by atoms with E-state index in [1.165, 1.54) is 18.1 Å². The Bertz CT molecular complexity index is 819. The van der Waals surface area contributed by atoms with Crippen LogP contribution in [0.2, 0.25) is 0 Å². The first-order valence-corrected chi connectivity index (χ1v) is 9.42. The highest BCUT2D eigenvalue weighted by molar-refractivity contribution is 5.92. The normalized spacial score (nSPS) is 10.2. The minimum atomic E-state index is -0.603. The van der Waals surface area contributed by atoms with Gasteiger partial charge < -0.3 is 23.8 Å². The summed E-state index contributed by atoms with van der Waals surface area (Å²) in [7, 11) is 3.15. The molecule has 0 aliphatic heterocycles. The zero-order chi connectivity index (χ0) is 21.2. The molecule has 0 atom stereocenters. The quantitative estimate of drug-likeness (QED) is 0.569. The maximum Gasteiger partial charge on any atom is 0.338 e. The summed E-state index contributed by atoms with van der Waals surface area (Å²) in [6.45, 7) is 4.92. The molecule has 0 aromatic heterocycles. The molecule has 0 saturated carbocycles. The third kappa shape index (κ3) is 6.41. The van der Waals surface area contributed by atoms with Crippen LogP contribution in [-0.2, 0) is 16.1 Å². The second kappa shape index (κ2) is 10.9. The second-order valence-corrected chi connectivity index (χ2v) is 6.20. The van der Waals surface area contributed by atoms with Crippen molar-refractivity contribution >= 4 is 11.9 Å². The van der Waals surface area contributed by atoms with Gasteiger partial charge in [0.1, 0.15) is 5.75 Å². The number of hydrogen-bond donors (Lipinski definition) is 0. The lowest BCUT2D eigenvalue weighted by Gasteiger charge is -2.17. The van der Waals surface area contributed by atoms with Crippen LogP contribution in [0, 0.1) is 0 Å². The predicted molar refractivity (Wildman–Crippen MR) is 109 cm³/mol. The molecule has 0 N–H and O–H groups in total. The summed E-state index contributed by atoms with van der Waals surface area (Å²) in [6, 6.07) is 12.2. The molecule has 2 aromatic rings. The van der Waals surface area contributed by atoms with Gasteiger partial charge in [0.15, 0.2) is 18.1 Å². The fourth-order valence-electron chi connectivity index (χ4n) is 2.61. The number of amides is 1. The maximum absolute atomic E-state index is 12.3. The molecular formula is C22H27NO6. The third-order valence-electron chi connectivity index (χ3n) is 4.11. The molecule has 0 radical (unpaired) electrons. The number of esters is 1. The average Bonchev–Trinajstić information content (AvgIpc) is 2.73. The van der Waals surface area contributed by atoms with Crippen LogP contribution in [0.4, 0.5) is 0 Å². The molecular weight excluding hydrogens is 374 g/mol.